The number of piperidine rings is 1. The standard InChI is InChI=1S/C20H22N2O2S/c1-21-18(16-10-7-13-25-16)17(20(24)22-11-5-2-6-12-22)14-8-3-4-9-15(14)19(21)23/h3-4,7-10,13,17-18H,2,5-6,11-12H2,1H3. The van der Waals surface area contributed by atoms with Gasteiger partial charge in [0, 0.05) is 30.6 Å². The Morgan fingerprint density at radius 1 is 1.08 bits per heavy atom. The third-order valence-electron chi connectivity index (χ3n) is 5.35. The van der Waals surface area contributed by atoms with Gasteiger partial charge in [0.15, 0.2) is 0 Å². The lowest BCUT2D eigenvalue weighted by atomic mass is 9.81. The summed E-state index contributed by atoms with van der Waals surface area (Å²) in [5.41, 5.74) is 1.53. The van der Waals surface area contributed by atoms with Crippen LogP contribution in [0.2, 0.25) is 0 Å². The molecule has 3 heterocycles. The maximum absolute atomic E-state index is 13.5. The van der Waals surface area contributed by atoms with Gasteiger partial charge in [0.05, 0.1) is 12.0 Å². The highest BCUT2D eigenvalue weighted by molar-refractivity contribution is 7.10. The summed E-state index contributed by atoms with van der Waals surface area (Å²) in [6.45, 7) is 1.65. The SMILES string of the molecule is CN1C(=O)c2ccccc2C(C(=O)N2CCCCC2)C1c1cccs1. The molecular formula is C20H22N2O2S. The van der Waals surface area contributed by atoms with Crippen molar-refractivity contribution in [2.45, 2.75) is 31.2 Å². The van der Waals surface area contributed by atoms with Gasteiger partial charge in [-0.3, -0.25) is 9.59 Å². The van der Waals surface area contributed by atoms with Crippen LogP contribution in [0.1, 0.15) is 52.0 Å². The van der Waals surface area contributed by atoms with Crippen molar-refractivity contribution in [3.05, 3.63) is 57.8 Å². The Morgan fingerprint density at radius 2 is 1.84 bits per heavy atom. The number of hydrogen-bond acceptors (Lipinski definition) is 3. The fraction of sp³-hybridized carbons (Fsp3) is 0.400. The molecule has 1 aromatic carbocycles. The summed E-state index contributed by atoms with van der Waals surface area (Å²) < 4.78 is 0. The highest BCUT2D eigenvalue weighted by Crippen LogP contribution is 2.44. The Labute approximate surface area is 152 Å². The smallest absolute Gasteiger partial charge is 0.254 e. The molecule has 2 aliphatic heterocycles. The van der Waals surface area contributed by atoms with Crippen molar-refractivity contribution in [3.63, 3.8) is 0 Å². The predicted octanol–water partition coefficient (Wildman–Crippen LogP) is 3.67. The molecule has 1 fully saturated rings. The summed E-state index contributed by atoms with van der Waals surface area (Å²) in [4.78, 5) is 31.2. The minimum absolute atomic E-state index is 0.00306. The Kier molecular flexibility index (Phi) is 4.34. The van der Waals surface area contributed by atoms with Crippen LogP contribution in [-0.4, -0.2) is 41.8 Å². The summed E-state index contributed by atoms with van der Waals surface area (Å²) in [7, 11) is 1.82. The lowest BCUT2D eigenvalue weighted by Gasteiger charge is -2.41. The van der Waals surface area contributed by atoms with Crippen molar-refractivity contribution >= 4 is 23.2 Å². The molecule has 2 aliphatic rings. The summed E-state index contributed by atoms with van der Waals surface area (Å²) in [6, 6.07) is 11.4. The second-order valence-electron chi connectivity index (χ2n) is 6.83. The maximum Gasteiger partial charge on any atom is 0.254 e. The van der Waals surface area contributed by atoms with Crippen molar-refractivity contribution in [1.29, 1.82) is 0 Å². The number of likely N-dealkylation sites (N-methyl/N-ethyl adjacent to an activating group) is 1. The molecule has 2 amide bonds. The van der Waals surface area contributed by atoms with Crippen molar-refractivity contribution in [3.8, 4) is 0 Å². The Hall–Kier alpha value is -2.14. The minimum atomic E-state index is -0.323. The zero-order valence-electron chi connectivity index (χ0n) is 14.4. The van der Waals surface area contributed by atoms with E-state index in [1.165, 1.54) is 6.42 Å². The van der Waals surface area contributed by atoms with Crippen molar-refractivity contribution < 1.29 is 9.59 Å². The normalized spacial score (nSPS) is 23.5. The maximum atomic E-state index is 13.5. The van der Waals surface area contributed by atoms with Crippen LogP contribution in [0.15, 0.2) is 41.8 Å². The van der Waals surface area contributed by atoms with E-state index in [-0.39, 0.29) is 23.8 Å². The van der Waals surface area contributed by atoms with Crippen molar-refractivity contribution in [2.24, 2.45) is 0 Å². The summed E-state index contributed by atoms with van der Waals surface area (Å²) >= 11 is 1.61. The average molecular weight is 354 g/mol. The Balaban J connectivity index is 1.81. The van der Waals surface area contributed by atoms with Gasteiger partial charge in [0.2, 0.25) is 5.91 Å². The number of benzene rings is 1. The number of rotatable bonds is 2. The molecule has 5 heteroatoms. The summed E-state index contributed by atoms with van der Waals surface area (Å²) in [6.07, 6.45) is 3.33. The third kappa shape index (κ3) is 2.76. The number of carbonyl (C=O) groups excluding carboxylic acids is 2. The van der Waals surface area contributed by atoms with Gasteiger partial charge in [-0.2, -0.15) is 0 Å². The van der Waals surface area contributed by atoms with Crippen LogP contribution in [-0.2, 0) is 4.79 Å². The number of fused-ring (bicyclic) bond motifs is 1. The average Bonchev–Trinajstić information content (AvgIpc) is 3.19. The summed E-state index contributed by atoms with van der Waals surface area (Å²) in [5.74, 6) is -0.169. The summed E-state index contributed by atoms with van der Waals surface area (Å²) in [5, 5.41) is 2.01. The van der Waals surface area contributed by atoms with E-state index in [2.05, 4.69) is 0 Å². The molecule has 2 atom stereocenters. The van der Waals surface area contributed by atoms with Gasteiger partial charge >= 0.3 is 0 Å². The monoisotopic (exact) mass is 354 g/mol. The largest absolute Gasteiger partial charge is 0.342 e. The zero-order valence-corrected chi connectivity index (χ0v) is 15.2. The van der Waals surface area contributed by atoms with Crippen molar-refractivity contribution in [1.82, 2.24) is 9.80 Å². The lowest BCUT2D eigenvalue weighted by Crippen LogP contribution is -2.47. The van der Waals surface area contributed by atoms with Crippen molar-refractivity contribution in [2.75, 3.05) is 20.1 Å². The molecule has 130 valence electrons. The first-order valence-electron chi connectivity index (χ1n) is 8.87. The molecular weight excluding hydrogens is 332 g/mol. The van der Waals surface area contributed by atoms with E-state index in [1.54, 1.807) is 16.2 Å². The van der Waals surface area contributed by atoms with Crippen LogP contribution >= 0.6 is 11.3 Å². The van der Waals surface area contributed by atoms with Gasteiger partial charge < -0.3 is 9.80 Å². The molecule has 2 aromatic rings. The first kappa shape index (κ1) is 16.3. The van der Waals surface area contributed by atoms with E-state index < -0.39 is 0 Å². The van der Waals surface area contributed by atoms with Crippen LogP contribution in [0, 0.1) is 0 Å². The van der Waals surface area contributed by atoms with E-state index in [1.807, 2.05) is 53.7 Å². The molecule has 25 heavy (non-hydrogen) atoms. The Morgan fingerprint density at radius 3 is 2.56 bits per heavy atom. The third-order valence-corrected chi connectivity index (χ3v) is 6.29. The number of thiophene rings is 1. The van der Waals surface area contributed by atoms with Gasteiger partial charge in [-0.05, 0) is 42.3 Å². The number of hydrogen-bond donors (Lipinski definition) is 0. The second-order valence-corrected chi connectivity index (χ2v) is 7.81. The number of likely N-dealkylation sites (tertiary alicyclic amines) is 1. The van der Waals surface area contributed by atoms with Crippen LogP contribution in [0.3, 0.4) is 0 Å². The molecule has 1 saturated heterocycles. The fourth-order valence-electron chi connectivity index (χ4n) is 4.07. The Bertz CT molecular complexity index is 781. The van der Waals surface area contributed by atoms with Crippen LogP contribution < -0.4 is 0 Å². The topological polar surface area (TPSA) is 40.6 Å². The second kappa shape index (κ2) is 6.64. The van der Waals surface area contributed by atoms with Gasteiger partial charge in [-0.25, -0.2) is 0 Å². The van der Waals surface area contributed by atoms with Gasteiger partial charge in [0.1, 0.15) is 0 Å². The van der Waals surface area contributed by atoms with E-state index in [9.17, 15) is 9.59 Å². The van der Waals surface area contributed by atoms with E-state index >= 15 is 0 Å². The highest BCUT2D eigenvalue weighted by atomic mass is 32.1. The lowest BCUT2D eigenvalue weighted by molar-refractivity contribution is -0.135. The minimum Gasteiger partial charge on any atom is -0.342 e. The van der Waals surface area contributed by atoms with Crippen LogP contribution in [0.4, 0.5) is 0 Å². The number of amides is 2. The molecule has 0 N–H and O–H groups in total. The molecule has 0 spiro atoms. The molecule has 1 aromatic heterocycles. The molecule has 4 rings (SSSR count). The van der Waals surface area contributed by atoms with Gasteiger partial charge in [-0.1, -0.05) is 24.3 Å². The highest BCUT2D eigenvalue weighted by Gasteiger charge is 2.44. The van der Waals surface area contributed by atoms with Gasteiger partial charge in [0.25, 0.3) is 5.91 Å². The molecule has 0 saturated carbocycles. The van der Waals surface area contributed by atoms with E-state index in [0.29, 0.717) is 5.56 Å². The zero-order chi connectivity index (χ0) is 17.4. The van der Waals surface area contributed by atoms with Gasteiger partial charge in [-0.15, -0.1) is 11.3 Å². The van der Waals surface area contributed by atoms with E-state index in [0.717, 1.165) is 36.4 Å². The predicted molar refractivity (Wildman–Crippen MR) is 98.8 cm³/mol. The first-order chi connectivity index (χ1) is 12.2. The molecule has 0 bridgehead atoms. The van der Waals surface area contributed by atoms with Crippen LogP contribution in [0.25, 0.3) is 0 Å². The van der Waals surface area contributed by atoms with Crippen LogP contribution in [0.5, 0.6) is 0 Å². The quantitative estimate of drug-likeness (QED) is 0.826. The molecule has 2 unspecified atom stereocenters. The number of nitrogens with zero attached hydrogens (tertiary/aromatic N) is 2. The first-order valence-corrected chi connectivity index (χ1v) is 9.74. The van der Waals surface area contributed by atoms with E-state index in [4.69, 9.17) is 0 Å². The molecule has 0 radical (unpaired) electrons. The molecule has 0 aliphatic carbocycles. The fourth-order valence-corrected chi connectivity index (χ4v) is 4.97. The molecule has 4 nitrogen and oxygen atoms in total. The number of carbonyl (C=O) groups is 2.